The molecule has 0 amide bonds. The third kappa shape index (κ3) is 4.31. The minimum atomic E-state index is -2.66. The fourth-order valence-corrected chi connectivity index (χ4v) is 2.90. The Bertz CT molecular complexity index is 387. The minimum absolute atomic E-state index is 0.422. The maximum Gasteiger partial charge on any atom is 0.135 e. The fraction of sp³-hybridized carbons (Fsp3) is 0.583. The van der Waals surface area contributed by atoms with Gasteiger partial charge in [-0.15, -0.1) is 0 Å². The second kappa shape index (κ2) is 6.63. The first-order chi connectivity index (χ1) is 7.67. The number of nitrogens with zero attached hydrogens (tertiary/aromatic N) is 1. The van der Waals surface area contributed by atoms with E-state index < -0.39 is 9.73 Å². The third-order valence-corrected chi connectivity index (χ3v) is 4.29. The molecule has 0 aromatic carbocycles. The summed E-state index contributed by atoms with van der Waals surface area (Å²) in [6.45, 7) is 2.17. The molecule has 1 unspecified atom stereocenters. The van der Waals surface area contributed by atoms with Gasteiger partial charge in [-0.25, -0.2) is 14.0 Å². The molecule has 0 fully saturated rings. The first-order valence-corrected chi connectivity index (χ1v) is 7.57. The van der Waals surface area contributed by atoms with E-state index in [2.05, 4.69) is 11.9 Å². The Kier molecular flexibility index (Phi) is 5.46. The van der Waals surface area contributed by atoms with E-state index in [1.165, 1.54) is 19.3 Å². The van der Waals surface area contributed by atoms with Gasteiger partial charge in [0.25, 0.3) is 0 Å². The van der Waals surface area contributed by atoms with Crippen molar-refractivity contribution < 1.29 is 4.21 Å². The summed E-state index contributed by atoms with van der Waals surface area (Å²) in [6, 6.07) is 5.25. The molecule has 1 atom stereocenters. The Morgan fingerprint density at radius 2 is 2.00 bits per heavy atom. The molecule has 0 aliphatic heterocycles. The zero-order valence-electron chi connectivity index (χ0n) is 9.82. The van der Waals surface area contributed by atoms with Crippen LogP contribution in [0.4, 0.5) is 0 Å². The van der Waals surface area contributed by atoms with E-state index in [1.807, 2.05) is 0 Å². The van der Waals surface area contributed by atoms with E-state index in [0.29, 0.717) is 10.8 Å². The molecule has 16 heavy (non-hydrogen) atoms. The Balaban J connectivity index is 2.41. The molecule has 0 bridgehead atoms. The average Bonchev–Trinajstić information content (AvgIpc) is 2.30. The van der Waals surface area contributed by atoms with Crippen molar-refractivity contribution in [1.29, 1.82) is 4.78 Å². The molecule has 0 aliphatic rings. The van der Waals surface area contributed by atoms with Gasteiger partial charge >= 0.3 is 0 Å². The molecule has 90 valence electrons. The summed E-state index contributed by atoms with van der Waals surface area (Å²) in [5.41, 5.74) is 0. The topological polar surface area (TPSA) is 53.8 Å². The molecule has 3 nitrogen and oxygen atoms in total. The minimum Gasteiger partial charge on any atom is -0.248 e. The van der Waals surface area contributed by atoms with Crippen molar-refractivity contribution >= 4 is 9.73 Å². The highest BCUT2D eigenvalue weighted by molar-refractivity contribution is 7.92. The maximum atomic E-state index is 12.0. The van der Waals surface area contributed by atoms with Crippen LogP contribution in [0.15, 0.2) is 29.4 Å². The molecule has 0 saturated carbocycles. The highest BCUT2D eigenvalue weighted by Gasteiger charge is 2.10. The molecule has 1 aromatic rings. The van der Waals surface area contributed by atoms with Crippen LogP contribution in [-0.2, 0) is 9.73 Å². The molecule has 1 rings (SSSR count). The van der Waals surface area contributed by atoms with E-state index in [-0.39, 0.29) is 0 Å². The molecule has 1 heterocycles. The standard InChI is InChI=1S/C12H20N2OS/c1-2-3-4-5-8-11-16(13,15)12-9-6-7-10-14-12/h6-7,9-10,13H,2-5,8,11H2,1H3. The molecule has 0 radical (unpaired) electrons. The number of pyridine rings is 1. The van der Waals surface area contributed by atoms with E-state index in [0.717, 1.165) is 12.8 Å². The van der Waals surface area contributed by atoms with E-state index >= 15 is 0 Å². The Labute approximate surface area is 98.3 Å². The zero-order valence-corrected chi connectivity index (χ0v) is 10.6. The first-order valence-electron chi connectivity index (χ1n) is 5.84. The van der Waals surface area contributed by atoms with Gasteiger partial charge in [0.15, 0.2) is 0 Å². The first kappa shape index (κ1) is 13.2. The molecule has 4 heteroatoms. The van der Waals surface area contributed by atoms with Gasteiger partial charge in [-0.2, -0.15) is 0 Å². The predicted octanol–water partition coefficient (Wildman–Crippen LogP) is 3.46. The van der Waals surface area contributed by atoms with Crippen LogP contribution in [0.1, 0.15) is 39.0 Å². The lowest BCUT2D eigenvalue weighted by atomic mass is 10.2. The predicted molar refractivity (Wildman–Crippen MR) is 67.0 cm³/mol. The number of unbranched alkanes of at least 4 members (excludes halogenated alkanes) is 4. The molecular formula is C12H20N2OS. The smallest absolute Gasteiger partial charge is 0.135 e. The van der Waals surface area contributed by atoms with Gasteiger partial charge in [-0.1, -0.05) is 38.7 Å². The van der Waals surface area contributed by atoms with Gasteiger partial charge in [-0.3, -0.25) is 0 Å². The molecule has 1 N–H and O–H groups in total. The second-order valence-electron chi connectivity index (χ2n) is 3.96. The molecule has 0 aliphatic carbocycles. The Morgan fingerprint density at radius 1 is 1.25 bits per heavy atom. The maximum absolute atomic E-state index is 12.0. The largest absolute Gasteiger partial charge is 0.248 e. The summed E-state index contributed by atoms with van der Waals surface area (Å²) in [7, 11) is -2.66. The molecular weight excluding hydrogens is 220 g/mol. The number of rotatable bonds is 7. The van der Waals surface area contributed by atoms with Gasteiger partial charge in [0.05, 0.1) is 9.73 Å². The quantitative estimate of drug-likeness (QED) is 0.742. The van der Waals surface area contributed by atoms with Crippen LogP contribution in [0.5, 0.6) is 0 Å². The van der Waals surface area contributed by atoms with Gasteiger partial charge in [-0.05, 0) is 18.6 Å². The van der Waals surface area contributed by atoms with Crippen molar-refractivity contribution in [2.45, 2.75) is 44.1 Å². The number of hydrogen-bond acceptors (Lipinski definition) is 3. The summed E-state index contributed by atoms with van der Waals surface area (Å²) in [5, 5.41) is 0.422. The molecule has 0 spiro atoms. The van der Waals surface area contributed by atoms with Crippen molar-refractivity contribution in [2.24, 2.45) is 0 Å². The lowest BCUT2D eigenvalue weighted by Gasteiger charge is -2.05. The fourth-order valence-electron chi connectivity index (χ4n) is 1.56. The zero-order chi connectivity index (χ0) is 11.9. The van der Waals surface area contributed by atoms with Crippen LogP contribution in [-0.4, -0.2) is 14.9 Å². The number of nitrogens with one attached hydrogen (secondary N) is 1. The highest BCUT2D eigenvalue weighted by atomic mass is 32.2. The van der Waals surface area contributed by atoms with Gasteiger partial charge < -0.3 is 0 Å². The van der Waals surface area contributed by atoms with Crippen LogP contribution < -0.4 is 0 Å². The number of aromatic nitrogens is 1. The van der Waals surface area contributed by atoms with Gasteiger partial charge in [0.2, 0.25) is 0 Å². The third-order valence-electron chi connectivity index (χ3n) is 2.51. The summed E-state index contributed by atoms with van der Waals surface area (Å²) in [5.74, 6) is 0.438. The molecule has 1 aromatic heterocycles. The van der Waals surface area contributed by atoms with Crippen LogP contribution in [0.3, 0.4) is 0 Å². The van der Waals surface area contributed by atoms with Crippen LogP contribution in [0.25, 0.3) is 0 Å². The lowest BCUT2D eigenvalue weighted by Crippen LogP contribution is -2.06. The van der Waals surface area contributed by atoms with Crippen LogP contribution >= 0.6 is 0 Å². The average molecular weight is 240 g/mol. The summed E-state index contributed by atoms with van der Waals surface area (Å²) in [6.07, 6.45) is 7.13. The van der Waals surface area contributed by atoms with Crippen molar-refractivity contribution in [3.05, 3.63) is 24.4 Å². The lowest BCUT2D eigenvalue weighted by molar-refractivity contribution is 0.642. The number of hydrogen-bond donors (Lipinski definition) is 1. The SMILES string of the molecule is CCCCCCCS(=N)(=O)c1ccccn1. The van der Waals surface area contributed by atoms with Gasteiger partial charge in [0, 0.05) is 11.9 Å². The summed E-state index contributed by atoms with van der Waals surface area (Å²) >= 11 is 0. The van der Waals surface area contributed by atoms with Crippen molar-refractivity contribution in [1.82, 2.24) is 4.98 Å². The Morgan fingerprint density at radius 3 is 2.62 bits per heavy atom. The summed E-state index contributed by atoms with van der Waals surface area (Å²) < 4.78 is 19.8. The second-order valence-corrected chi connectivity index (χ2v) is 6.14. The highest BCUT2D eigenvalue weighted by Crippen LogP contribution is 2.11. The van der Waals surface area contributed by atoms with Crippen LogP contribution in [0.2, 0.25) is 0 Å². The van der Waals surface area contributed by atoms with Crippen molar-refractivity contribution in [2.75, 3.05) is 5.75 Å². The van der Waals surface area contributed by atoms with E-state index in [1.54, 1.807) is 24.4 Å². The van der Waals surface area contributed by atoms with E-state index in [9.17, 15) is 4.21 Å². The van der Waals surface area contributed by atoms with Crippen molar-refractivity contribution in [3.63, 3.8) is 0 Å². The van der Waals surface area contributed by atoms with Crippen LogP contribution in [0, 0.1) is 4.78 Å². The monoisotopic (exact) mass is 240 g/mol. The van der Waals surface area contributed by atoms with Crippen molar-refractivity contribution in [3.8, 4) is 0 Å². The molecule has 0 saturated heterocycles. The normalized spacial score (nSPS) is 14.6. The Hall–Kier alpha value is -0.900. The van der Waals surface area contributed by atoms with E-state index in [4.69, 9.17) is 4.78 Å². The van der Waals surface area contributed by atoms with Gasteiger partial charge in [0.1, 0.15) is 5.03 Å². The summed E-state index contributed by atoms with van der Waals surface area (Å²) in [4.78, 5) is 4.00.